The van der Waals surface area contributed by atoms with Gasteiger partial charge in [0.2, 0.25) is 0 Å². The Kier molecular flexibility index (Phi) is 2.83. The lowest BCUT2D eigenvalue weighted by atomic mass is 9.96. The summed E-state index contributed by atoms with van der Waals surface area (Å²) in [7, 11) is 0. The second kappa shape index (κ2) is 5.53. The highest BCUT2D eigenvalue weighted by atomic mass is 16.1. The molecule has 0 radical (unpaired) electrons. The van der Waals surface area contributed by atoms with Crippen LogP contribution in [-0.4, -0.2) is 18.8 Å². The number of aromatic nitrogens is 4. The Morgan fingerprint density at radius 1 is 0.758 bits per heavy atom. The van der Waals surface area contributed by atoms with Crippen LogP contribution >= 0.6 is 0 Å². The molecule has 3 aromatic carbocycles. The minimum Gasteiger partial charge on any atom is -0.268 e. The molecule has 0 saturated heterocycles. The first-order valence-corrected chi connectivity index (χ1v) is 10.7. The Hall–Kier alpha value is -4.76. The highest BCUT2D eigenvalue weighted by molar-refractivity contribution is 6.27. The van der Waals surface area contributed by atoms with Crippen LogP contribution in [0.3, 0.4) is 0 Å². The molecule has 0 amide bonds. The Morgan fingerprint density at radius 3 is 2.21 bits per heavy atom. The van der Waals surface area contributed by atoms with Gasteiger partial charge < -0.3 is 0 Å². The van der Waals surface area contributed by atoms with E-state index in [1.165, 1.54) is 0 Å². The van der Waals surface area contributed by atoms with E-state index < -0.39 is 0 Å². The van der Waals surface area contributed by atoms with Crippen LogP contribution < -0.4 is 11.1 Å². The van der Waals surface area contributed by atoms with Crippen molar-refractivity contribution < 1.29 is 0 Å². The third-order valence-corrected chi connectivity index (χ3v) is 6.68. The van der Waals surface area contributed by atoms with E-state index in [-0.39, 0.29) is 11.1 Å². The minimum absolute atomic E-state index is 0.138. The monoisotopic (exact) mass is 424 g/mol. The van der Waals surface area contributed by atoms with Crippen molar-refractivity contribution in [3.63, 3.8) is 0 Å². The Balaban J connectivity index is 1.69. The molecule has 8 rings (SSSR count). The average molecular weight is 424 g/mol. The molecule has 0 saturated carbocycles. The van der Waals surface area contributed by atoms with Gasteiger partial charge in [-0.25, -0.2) is 14.4 Å². The number of hydrogen-bond acceptors (Lipinski definition) is 4. The number of nitrogens with zero attached hydrogens (tertiary/aromatic N) is 4. The van der Waals surface area contributed by atoms with E-state index in [0.717, 1.165) is 32.6 Å². The second-order valence-electron chi connectivity index (χ2n) is 8.35. The van der Waals surface area contributed by atoms with Crippen LogP contribution in [0.25, 0.3) is 60.7 Å². The smallest absolute Gasteiger partial charge is 0.265 e. The molecular weight excluding hydrogens is 412 g/mol. The first-order valence-electron chi connectivity index (χ1n) is 10.7. The molecule has 0 aliphatic heterocycles. The van der Waals surface area contributed by atoms with E-state index in [2.05, 4.69) is 11.8 Å². The van der Waals surface area contributed by atoms with Crippen molar-refractivity contribution >= 4 is 60.7 Å². The number of hydrogen-bond donors (Lipinski definition) is 0. The van der Waals surface area contributed by atoms with E-state index in [0.29, 0.717) is 39.9 Å². The number of rotatable bonds is 0. The molecule has 7 aromatic rings. The number of fused-ring (bicyclic) bond motifs is 8. The van der Waals surface area contributed by atoms with Gasteiger partial charge in [-0.15, -0.1) is 0 Å². The maximum Gasteiger partial charge on any atom is 0.265 e. The number of allylic oxidation sites excluding steroid dienone is 1. The first-order chi connectivity index (χ1) is 16.2. The molecule has 0 bridgehead atoms. The number of pyridine rings is 2. The zero-order valence-corrected chi connectivity index (χ0v) is 17.1. The lowest BCUT2D eigenvalue weighted by Crippen LogP contribution is -2.17. The molecule has 4 aromatic heterocycles. The molecule has 1 aliphatic carbocycles. The highest BCUT2D eigenvalue weighted by Gasteiger charge is 2.23. The molecule has 6 nitrogen and oxygen atoms in total. The van der Waals surface area contributed by atoms with E-state index >= 15 is 0 Å². The normalized spacial score (nSPS) is 13.5. The summed E-state index contributed by atoms with van der Waals surface area (Å²) in [6.45, 7) is 0. The van der Waals surface area contributed by atoms with Gasteiger partial charge in [-0.05, 0) is 48.4 Å². The van der Waals surface area contributed by atoms with Gasteiger partial charge in [0.1, 0.15) is 17.0 Å². The second-order valence-corrected chi connectivity index (χ2v) is 8.35. The zero-order valence-electron chi connectivity index (χ0n) is 17.1. The number of benzene rings is 3. The summed E-state index contributed by atoms with van der Waals surface area (Å²) in [6, 6.07) is 15.1. The van der Waals surface area contributed by atoms with Crippen LogP contribution in [0.5, 0.6) is 0 Å². The van der Waals surface area contributed by atoms with Gasteiger partial charge in [0, 0.05) is 38.7 Å². The van der Waals surface area contributed by atoms with Crippen molar-refractivity contribution in [1.29, 1.82) is 0 Å². The van der Waals surface area contributed by atoms with E-state index in [4.69, 9.17) is 9.97 Å². The van der Waals surface area contributed by atoms with Crippen molar-refractivity contribution in [3.05, 3.63) is 86.7 Å². The van der Waals surface area contributed by atoms with Gasteiger partial charge >= 0.3 is 0 Å². The predicted molar refractivity (Wildman–Crippen MR) is 129 cm³/mol. The molecular formula is C27H12N4O2. The van der Waals surface area contributed by atoms with E-state index in [9.17, 15) is 9.59 Å². The first kappa shape index (κ1) is 16.9. The van der Waals surface area contributed by atoms with Gasteiger partial charge in [-0.1, -0.05) is 24.1 Å². The fourth-order valence-electron chi connectivity index (χ4n) is 5.29. The summed E-state index contributed by atoms with van der Waals surface area (Å²) in [5, 5.41) is 4.30. The predicted octanol–water partition coefficient (Wildman–Crippen LogP) is 3.96. The standard InChI is InChI=1S/C27H12N4O2/c32-26-16-12-11-15-23-17(27(33)31-21-9-5-4-7-19(21)29-25(15)31)13-10-14(22(16)23)24-28-18-6-2-1-3-8-20(18)30(24)26/h2,4-7,9-13H,1H2. The maximum atomic E-state index is 13.7. The highest BCUT2D eigenvalue weighted by Crippen LogP contribution is 2.36. The molecule has 0 N–H and O–H groups in total. The number of imidazole rings is 2. The van der Waals surface area contributed by atoms with Gasteiger partial charge in [0.15, 0.2) is 0 Å². The third kappa shape index (κ3) is 1.87. The van der Waals surface area contributed by atoms with E-state index in [1.807, 2.05) is 60.7 Å². The Labute approximate surface area is 184 Å². The summed E-state index contributed by atoms with van der Waals surface area (Å²) < 4.78 is 3.28. The summed E-state index contributed by atoms with van der Waals surface area (Å²) in [4.78, 5) is 36.8. The van der Waals surface area contributed by atoms with Crippen molar-refractivity contribution in [2.75, 3.05) is 0 Å². The van der Waals surface area contributed by atoms with Crippen LogP contribution in [0.2, 0.25) is 0 Å². The third-order valence-electron chi connectivity index (χ3n) is 6.68. The Morgan fingerprint density at radius 2 is 1.42 bits per heavy atom. The van der Waals surface area contributed by atoms with Crippen LogP contribution in [0.15, 0.2) is 64.2 Å². The lowest BCUT2D eigenvalue weighted by Gasteiger charge is -2.12. The van der Waals surface area contributed by atoms with Crippen molar-refractivity contribution in [2.24, 2.45) is 0 Å². The average Bonchev–Trinajstić information content (AvgIpc) is 3.32. The van der Waals surface area contributed by atoms with Gasteiger partial charge in [-0.3, -0.25) is 14.0 Å². The molecule has 0 fully saturated rings. The topological polar surface area (TPSA) is 68.7 Å². The minimum atomic E-state index is -0.175. The molecule has 4 heterocycles. The summed E-state index contributed by atoms with van der Waals surface area (Å²) in [6.07, 6.45) is 4.48. The lowest BCUT2D eigenvalue weighted by molar-refractivity contribution is 1.12. The molecule has 0 spiro atoms. The van der Waals surface area contributed by atoms with Crippen molar-refractivity contribution in [2.45, 2.75) is 6.42 Å². The molecule has 0 atom stereocenters. The zero-order chi connectivity index (χ0) is 21.8. The summed E-state index contributed by atoms with van der Waals surface area (Å²) in [5.74, 6) is 6.18. The van der Waals surface area contributed by atoms with Gasteiger partial charge in [0.25, 0.3) is 11.1 Å². The van der Waals surface area contributed by atoms with Gasteiger partial charge in [0.05, 0.1) is 16.7 Å². The fraction of sp³-hybridized carbons (Fsp3) is 0.0370. The fourth-order valence-corrected chi connectivity index (χ4v) is 5.29. The largest absolute Gasteiger partial charge is 0.268 e. The van der Waals surface area contributed by atoms with Crippen molar-refractivity contribution in [1.82, 2.24) is 18.8 Å². The molecule has 6 heteroatoms. The van der Waals surface area contributed by atoms with Gasteiger partial charge in [-0.2, -0.15) is 0 Å². The molecule has 1 aliphatic rings. The van der Waals surface area contributed by atoms with E-state index in [1.54, 1.807) is 8.80 Å². The maximum absolute atomic E-state index is 13.7. The SMILES string of the molecule is O=c1c2ccc3c4c(ccc(c24)c2nc4c(n12)C#CCC=C4)c(=O)n1c2ccccc2nc31. The Bertz CT molecular complexity index is 2210. The van der Waals surface area contributed by atoms with Crippen LogP contribution in [-0.2, 0) is 0 Å². The quantitative estimate of drug-likeness (QED) is 0.273. The summed E-state index contributed by atoms with van der Waals surface area (Å²) >= 11 is 0. The van der Waals surface area contributed by atoms with Crippen LogP contribution in [0.4, 0.5) is 0 Å². The molecule has 152 valence electrons. The van der Waals surface area contributed by atoms with Crippen molar-refractivity contribution in [3.8, 4) is 11.8 Å². The molecule has 0 unspecified atom stereocenters. The summed E-state index contributed by atoms with van der Waals surface area (Å²) in [5.41, 5.74) is 3.69. The van der Waals surface area contributed by atoms with Crippen LogP contribution in [0.1, 0.15) is 17.8 Å². The number of para-hydroxylation sites is 2. The van der Waals surface area contributed by atoms with Crippen LogP contribution in [0, 0.1) is 11.8 Å². The molecule has 33 heavy (non-hydrogen) atoms.